The van der Waals surface area contributed by atoms with Crippen LogP contribution in [0.25, 0.3) is 0 Å². The molecule has 110 valence electrons. The lowest BCUT2D eigenvalue weighted by Gasteiger charge is -2.38. The number of rotatable bonds is 1. The van der Waals surface area contributed by atoms with Gasteiger partial charge in [0.15, 0.2) is 0 Å². The minimum Gasteiger partial charge on any atom is -0.508 e. The molecule has 0 radical (unpaired) electrons. The van der Waals surface area contributed by atoms with Crippen molar-refractivity contribution in [2.75, 3.05) is 0 Å². The Morgan fingerprint density at radius 2 is 2.00 bits per heavy atom. The maximum Gasteiger partial charge on any atom is 0.498 e. The van der Waals surface area contributed by atoms with Gasteiger partial charge in [-0.25, -0.2) is 0 Å². The second kappa shape index (κ2) is 4.97. The molecule has 0 saturated carbocycles. The van der Waals surface area contributed by atoms with Crippen molar-refractivity contribution in [1.82, 2.24) is 0 Å². The van der Waals surface area contributed by atoms with Gasteiger partial charge in [-0.15, -0.1) is 0 Å². The van der Waals surface area contributed by atoms with Gasteiger partial charge in [-0.1, -0.05) is 0 Å². The maximum atomic E-state index is 12.7. The summed E-state index contributed by atoms with van der Waals surface area (Å²) in [6.07, 6.45) is -4.01. The largest absolute Gasteiger partial charge is 0.508 e. The van der Waals surface area contributed by atoms with E-state index in [1.807, 2.05) is 20.8 Å². The number of hydrogen-bond acceptors (Lipinski definition) is 3. The summed E-state index contributed by atoms with van der Waals surface area (Å²) in [7, 11) is -1.00. The van der Waals surface area contributed by atoms with Gasteiger partial charge in [-0.2, -0.15) is 13.2 Å². The highest BCUT2D eigenvalue weighted by molar-refractivity contribution is 6.62. The van der Waals surface area contributed by atoms with E-state index >= 15 is 0 Å². The van der Waals surface area contributed by atoms with Crippen LogP contribution in [0, 0.1) is 0 Å². The first kappa shape index (κ1) is 15.2. The number of halogens is 3. The molecule has 1 atom stereocenters. The molecular formula is C13H16BF3O3. The third kappa shape index (κ3) is 3.27. The fraction of sp³-hybridized carbons (Fsp3) is 0.538. The molecule has 0 spiro atoms. The number of phenols is 1. The maximum absolute atomic E-state index is 12.7. The van der Waals surface area contributed by atoms with Gasteiger partial charge in [-0.3, -0.25) is 0 Å². The van der Waals surface area contributed by atoms with E-state index in [2.05, 4.69) is 0 Å². The average molecular weight is 288 g/mol. The zero-order chi connectivity index (χ0) is 15.1. The minimum atomic E-state index is -4.47. The molecule has 1 aliphatic rings. The minimum absolute atomic E-state index is 0.000509. The average Bonchev–Trinajstić information content (AvgIpc) is 2.24. The van der Waals surface area contributed by atoms with Crippen molar-refractivity contribution in [3.63, 3.8) is 0 Å². The van der Waals surface area contributed by atoms with Crippen LogP contribution in [0.3, 0.4) is 0 Å². The van der Waals surface area contributed by atoms with Crippen LogP contribution in [0.15, 0.2) is 18.2 Å². The van der Waals surface area contributed by atoms with E-state index in [0.717, 1.165) is 18.2 Å². The van der Waals surface area contributed by atoms with Crippen molar-refractivity contribution in [3.8, 4) is 5.75 Å². The zero-order valence-corrected chi connectivity index (χ0v) is 11.5. The Hall–Kier alpha value is -1.21. The topological polar surface area (TPSA) is 38.7 Å². The summed E-state index contributed by atoms with van der Waals surface area (Å²) < 4.78 is 49.3. The molecule has 3 nitrogen and oxygen atoms in total. The van der Waals surface area contributed by atoms with Crippen molar-refractivity contribution < 1.29 is 27.6 Å². The van der Waals surface area contributed by atoms with Crippen molar-refractivity contribution in [1.29, 1.82) is 0 Å². The first-order chi connectivity index (χ1) is 9.08. The van der Waals surface area contributed by atoms with Crippen molar-refractivity contribution in [2.45, 2.75) is 45.1 Å². The molecule has 0 amide bonds. The van der Waals surface area contributed by atoms with Crippen molar-refractivity contribution >= 4 is 12.6 Å². The second-order valence-electron chi connectivity index (χ2n) is 5.63. The van der Waals surface area contributed by atoms with E-state index in [9.17, 15) is 18.3 Å². The smallest absolute Gasteiger partial charge is 0.498 e. The molecule has 0 aromatic heterocycles. The summed E-state index contributed by atoms with van der Waals surface area (Å²) in [6, 6.07) is 2.71. The normalized spacial score (nSPS) is 22.9. The second-order valence-corrected chi connectivity index (χ2v) is 5.63. The Kier molecular flexibility index (Phi) is 3.77. The molecule has 1 aromatic carbocycles. The molecule has 1 aliphatic heterocycles. The van der Waals surface area contributed by atoms with Gasteiger partial charge in [0.25, 0.3) is 0 Å². The monoisotopic (exact) mass is 288 g/mol. The molecule has 1 fully saturated rings. The lowest BCUT2D eigenvalue weighted by molar-refractivity contribution is -0.137. The molecule has 7 heteroatoms. The molecule has 1 heterocycles. The lowest BCUT2D eigenvalue weighted by Crippen LogP contribution is -2.51. The van der Waals surface area contributed by atoms with Gasteiger partial charge in [0.05, 0.1) is 11.2 Å². The molecule has 1 N–H and O–H groups in total. The Labute approximate surface area is 115 Å². The predicted molar refractivity (Wildman–Crippen MR) is 68.8 cm³/mol. The number of benzene rings is 1. The zero-order valence-electron chi connectivity index (χ0n) is 11.5. The Morgan fingerprint density at radius 3 is 2.55 bits per heavy atom. The highest BCUT2D eigenvalue weighted by Gasteiger charge is 2.41. The van der Waals surface area contributed by atoms with Crippen LogP contribution in [0.1, 0.15) is 32.8 Å². The molecule has 0 bridgehead atoms. The number of hydrogen-bond donors (Lipinski definition) is 1. The first-order valence-electron chi connectivity index (χ1n) is 6.32. The third-order valence-electron chi connectivity index (χ3n) is 3.17. The summed E-state index contributed by atoms with van der Waals surface area (Å²) in [6.45, 7) is 5.50. The van der Waals surface area contributed by atoms with E-state index in [1.54, 1.807) is 0 Å². The fourth-order valence-electron chi connectivity index (χ4n) is 2.37. The van der Waals surface area contributed by atoms with Crippen LogP contribution in [0.4, 0.5) is 13.2 Å². The number of aromatic hydroxyl groups is 1. The number of phenolic OH excluding ortho intramolecular Hbond substituents is 1. The van der Waals surface area contributed by atoms with Crippen LogP contribution in [-0.4, -0.2) is 23.9 Å². The summed E-state index contributed by atoms with van der Waals surface area (Å²) in [5.74, 6) is -0.270. The molecule has 1 aromatic rings. The van der Waals surface area contributed by atoms with Crippen molar-refractivity contribution in [2.24, 2.45) is 0 Å². The molecular weight excluding hydrogens is 272 g/mol. The van der Waals surface area contributed by atoms with E-state index in [1.165, 1.54) is 0 Å². The molecule has 20 heavy (non-hydrogen) atoms. The predicted octanol–water partition coefficient (Wildman–Crippen LogP) is 2.71. The molecule has 2 rings (SSSR count). The number of alkyl halides is 3. The van der Waals surface area contributed by atoms with Gasteiger partial charge in [-0.05, 0) is 45.4 Å². The summed E-state index contributed by atoms with van der Waals surface area (Å²) in [5.41, 5.74) is -1.36. The van der Waals surface area contributed by atoms with E-state index < -0.39 is 24.5 Å². The van der Waals surface area contributed by atoms with Gasteiger partial charge in [0, 0.05) is 11.6 Å². The summed E-state index contributed by atoms with van der Waals surface area (Å²) in [4.78, 5) is 0. The van der Waals surface area contributed by atoms with Crippen LogP contribution in [0.2, 0.25) is 0 Å². The SMILES string of the molecule is CC1CC(C)(C)OB(c2cc(C(F)(F)F)ccc2O)O1. The van der Waals surface area contributed by atoms with Crippen molar-refractivity contribution in [3.05, 3.63) is 23.8 Å². The first-order valence-corrected chi connectivity index (χ1v) is 6.32. The molecule has 1 saturated heterocycles. The highest BCUT2D eigenvalue weighted by Crippen LogP contribution is 2.31. The Bertz CT molecular complexity index is 502. The van der Waals surface area contributed by atoms with E-state index in [4.69, 9.17) is 9.31 Å². The van der Waals surface area contributed by atoms with Gasteiger partial charge >= 0.3 is 13.3 Å². The fourth-order valence-corrected chi connectivity index (χ4v) is 2.37. The Balaban J connectivity index is 2.36. The highest BCUT2D eigenvalue weighted by atomic mass is 19.4. The van der Waals surface area contributed by atoms with E-state index in [-0.39, 0.29) is 17.3 Å². The van der Waals surface area contributed by atoms with Gasteiger partial charge < -0.3 is 14.4 Å². The van der Waals surface area contributed by atoms with Gasteiger partial charge in [0.1, 0.15) is 5.75 Å². The third-order valence-corrected chi connectivity index (χ3v) is 3.17. The standard InChI is InChI=1S/C13H16BF3O3/c1-8-7-12(2,3)20-14(19-8)10-6-9(13(15,16)17)4-5-11(10)18/h4-6,8,18H,7H2,1-3H3. The van der Waals surface area contributed by atoms with E-state index in [0.29, 0.717) is 6.42 Å². The summed E-state index contributed by atoms with van der Waals surface area (Å²) in [5, 5.41) is 9.78. The van der Waals surface area contributed by atoms with Gasteiger partial charge in [0.2, 0.25) is 0 Å². The Morgan fingerprint density at radius 1 is 1.35 bits per heavy atom. The van der Waals surface area contributed by atoms with Crippen LogP contribution in [-0.2, 0) is 15.5 Å². The van der Waals surface area contributed by atoms with Crippen LogP contribution >= 0.6 is 0 Å². The lowest BCUT2D eigenvalue weighted by atomic mass is 9.74. The van der Waals surface area contributed by atoms with Crippen LogP contribution < -0.4 is 5.46 Å². The molecule has 0 aliphatic carbocycles. The van der Waals surface area contributed by atoms with Crippen LogP contribution in [0.5, 0.6) is 5.75 Å². The quantitative estimate of drug-likeness (QED) is 0.807. The summed E-state index contributed by atoms with van der Waals surface area (Å²) >= 11 is 0. The molecule has 1 unspecified atom stereocenters.